The number of carboxylic acid groups (broad SMARTS) is 1. The second kappa shape index (κ2) is 5.39. The molecular formula is C14H26N2O3. The number of hydrogen-bond donors (Lipinski definition) is 3. The monoisotopic (exact) mass is 270 g/mol. The van der Waals surface area contributed by atoms with Crippen molar-refractivity contribution in [2.75, 3.05) is 6.54 Å². The molecule has 1 atom stereocenters. The number of nitrogens with one attached hydrogen (secondary N) is 2. The van der Waals surface area contributed by atoms with E-state index in [2.05, 4.69) is 24.5 Å². The summed E-state index contributed by atoms with van der Waals surface area (Å²) in [5.74, 6) is -0.474. The van der Waals surface area contributed by atoms with Crippen LogP contribution in [0.5, 0.6) is 0 Å². The summed E-state index contributed by atoms with van der Waals surface area (Å²) in [7, 11) is 0. The molecule has 0 radical (unpaired) electrons. The minimum atomic E-state index is -1.01. The van der Waals surface area contributed by atoms with Crippen LogP contribution < -0.4 is 10.6 Å². The van der Waals surface area contributed by atoms with Crippen molar-refractivity contribution in [3.63, 3.8) is 0 Å². The van der Waals surface area contributed by atoms with Crippen molar-refractivity contribution in [2.24, 2.45) is 16.7 Å². The van der Waals surface area contributed by atoms with Crippen molar-refractivity contribution in [3.05, 3.63) is 0 Å². The lowest BCUT2D eigenvalue weighted by atomic mass is 9.87. The molecule has 5 nitrogen and oxygen atoms in total. The molecule has 1 fully saturated rings. The lowest BCUT2D eigenvalue weighted by Crippen LogP contribution is -2.53. The molecule has 5 heteroatoms. The predicted molar refractivity (Wildman–Crippen MR) is 73.9 cm³/mol. The van der Waals surface area contributed by atoms with Gasteiger partial charge in [0.1, 0.15) is 6.04 Å². The number of urea groups is 1. The molecule has 0 aromatic heterocycles. The summed E-state index contributed by atoms with van der Waals surface area (Å²) in [5.41, 5.74) is -0.295. The van der Waals surface area contributed by atoms with E-state index in [0.717, 1.165) is 12.8 Å². The van der Waals surface area contributed by atoms with Crippen LogP contribution in [0.25, 0.3) is 0 Å². The van der Waals surface area contributed by atoms with Crippen molar-refractivity contribution in [2.45, 2.75) is 53.5 Å². The van der Waals surface area contributed by atoms with Crippen molar-refractivity contribution in [1.82, 2.24) is 10.6 Å². The summed E-state index contributed by atoms with van der Waals surface area (Å²) in [6, 6.07) is -1.28. The maximum atomic E-state index is 11.8. The number of rotatable bonds is 5. The largest absolute Gasteiger partial charge is 0.480 e. The van der Waals surface area contributed by atoms with Gasteiger partial charge in [0.25, 0.3) is 0 Å². The van der Waals surface area contributed by atoms with Crippen molar-refractivity contribution >= 4 is 12.0 Å². The number of carboxylic acids is 1. The first kappa shape index (κ1) is 15.8. The molecule has 19 heavy (non-hydrogen) atoms. The lowest BCUT2D eigenvalue weighted by molar-refractivity contribution is -0.141. The van der Waals surface area contributed by atoms with Crippen molar-refractivity contribution < 1.29 is 14.7 Å². The Hall–Kier alpha value is -1.26. The third-order valence-electron chi connectivity index (χ3n) is 4.11. The second-order valence-corrected chi connectivity index (χ2v) is 6.98. The summed E-state index contributed by atoms with van der Waals surface area (Å²) < 4.78 is 0. The fourth-order valence-electron chi connectivity index (χ4n) is 2.21. The minimum Gasteiger partial charge on any atom is -0.480 e. The van der Waals surface area contributed by atoms with Gasteiger partial charge in [-0.3, -0.25) is 0 Å². The zero-order chi connectivity index (χ0) is 14.8. The summed E-state index contributed by atoms with van der Waals surface area (Å²) in [6.07, 6.45) is 2.26. The molecule has 1 aliphatic rings. The van der Waals surface area contributed by atoms with Gasteiger partial charge in [0.15, 0.2) is 0 Å². The Balaban J connectivity index is 2.48. The van der Waals surface area contributed by atoms with Crippen LogP contribution >= 0.6 is 0 Å². The average molecular weight is 270 g/mol. The highest BCUT2D eigenvalue weighted by atomic mass is 16.4. The van der Waals surface area contributed by atoms with Gasteiger partial charge < -0.3 is 15.7 Å². The van der Waals surface area contributed by atoms with Gasteiger partial charge in [-0.25, -0.2) is 9.59 Å². The van der Waals surface area contributed by atoms with E-state index in [9.17, 15) is 9.59 Å². The van der Waals surface area contributed by atoms with E-state index in [0.29, 0.717) is 12.5 Å². The van der Waals surface area contributed by atoms with Gasteiger partial charge in [0.2, 0.25) is 0 Å². The van der Waals surface area contributed by atoms with Crippen molar-refractivity contribution in [1.29, 1.82) is 0 Å². The van der Waals surface area contributed by atoms with E-state index in [1.807, 2.05) is 0 Å². The number of carbonyl (C=O) groups is 2. The predicted octanol–water partition coefficient (Wildman–Crippen LogP) is 2.22. The molecule has 3 N–H and O–H groups in total. The maximum absolute atomic E-state index is 11.8. The zero-order valence-electron chi connectivity index (χ0n) is 12.5. The molecule has 0 aliphatic heterocycles. The summed E-state index contributed by atoms with van der Waals surface area (Å²) in [5, 5.41) is 14.5. The van der Waals surface area contributed by atoms with E-state index < -0.39 is 23.5 Å². The first-order chi connectivity index (χ1) is 8.58. The average Bonchev–Trinajstić information content (AvgIpc) is 3.02. The SMILES string of the molecule is CC(C)C1(CNC(=O)N[C@@H](C(=O)O)C(C)(C)C)CC1. The highest BCUT2D eigenvalue weighted by Gasteiger charge is 2.45. The molecule has 0 bridgehead atoms. The van der Waals surface area contributed by atoms with E-state index in [1.165, 1.54) is 0 Å². The highest BCUT2D eigenvalue weighted by Crippen LogP contribution is 2.51. The molecule has 2 amide bonds. The minimum absolute atomic E-state index is 0.220. The molecule has 110 valence electrons. The Labute approximate surface area is 115 Å². The van der Waals surface area contributed by atoms with Gasteiger partial charge in [-0.15, -0.1) is 0 Å². The van der Waals surface area contributed by atoms with Gasteiger partial charge in [-0.1, -0.05) is 34.6 Å². The number of hydrogen-bond acceptors (Lipinski definition) is 2. The number of carbonyl (C=O) groups excluding carboxylic acids is 1. The molecule has 0 unspecified atom stereocenters. The maximum Gasteiger partial charge on any atom is 0.326 e. The Kier molecular flexibility index (Phi) is 4.48. The van der Waals surface area contributed by atoms with Crippen LogP contribution in [0.15, 0.2) is 0 Å². The van der Waals surface area contributed by atoms with E-state index >= 15 is 0 Å². The summed E-state index contributed by atoms with van der Waals surface area (Å²) >= 11 is 0. The first-order valence-corrected chi connectivity index (χ1v) is 6.86. The Morgan fingerprint density at radius 1 is 1.26 bits per heavy atom. The molecule has 0 spiro atoms. The van der Waals surface area contributed by atoms with E-state index in [-0.39, 0.29) is 5.41 Å². The first-order valence-electron chi connectivity index (χ1n) is 6.86. The Bertz CT molecular complexity index is 354. The normalized spacial score (nSPS) is 18.8. The van der Waals surface area contributed by atoms with Gasteiger partial charge in [0.05, 0.1) is 0 Å². The third kappa shape index (κ3) is 4.11. The molecule has 0 saturated heterocycles. The van der Waals surface area contributed by atoms with Gasteiger partial charge >= 0.3 is 12.0 Å². The van der Waals surface area contributed by atoms with E-state index in [4.69, 9.17) is 5.11 Å². The molecule has 1 aliphatic carbocycles. The molecule has 0 aromatic carbocycles. The van der Waals surface area contributed by atoms with Crippen LogP contribution in [0.4, 0.5) is 4.79 Å². The van der Waals surface area contributed by atoms with Crippen LogP contribution in [0.3, 0.4) is 0 Å². The smallest absolute Gasteiger partial charge is 0.326 e. The fourth-order valence-corrected chi connectivity index (χ4v) is 2.21. The van der Waals surface area contributed by atoms with Crippen LogP contribution in [-0.4, -0.2) is 29.7 Å². The summed E-state index contributed by atoms with van der Waals surface area (Å²) in [4.78, 5) is 23.0. The second-order valence-electron chi connectivity index (χ2n) is 6.98. The van der Waals surface area contributed by atoms with Gasteiger partial charge in [-0.2, -0.15) is 0 Å². The number of amides is 2. The zero-order valence-corrected chi connectivity index (χ0v) is 12.5. The van der Waals surface area contributed by atoms with Crippen LogP contribution in [0.1, 0.15) is 47.5 Å². The molecular weight excluding hydrogens is 244 g/mol. The fraction of sp³-hybridized carbons (Fsp3) is 0.857. The Morgan fingerprint density at radius 2 is 1.79 bits per heavy atom. The van der Waals surface area contributed by atoms with Crippen molar-refractivity contribution in [3.8, 4) is 0 Å². The Morgan fingerprint density at radius 3 is 2.11 bits per heavy atom. The molecule has 1 saturated carbocycles. The van der Waals surface area contributed by atoms with Gasteiger partial charge in [0, 0.05) is 6.54 Å². The molecule has 0 aromatic rings. The highest BCUT2D eigenvalue weighted by molar-refractivity contribution is 5.83. The van der Waals surface area contributed by atoms with E-state index in [1.54, 1.807) is 20.8 Å². The van der Waals surface area contributed by atoms with Crippen LogP contribution in [-0.2, 0) is 4.79 Å². The quantitative estimate of drug-likeness (QED) is 0.716. The third-order valence-corrected chi connectivity index (χ3v) is 4.11. The standard InChI is InChI=1S/C14H26N2O3/c1-9(2)14(6-7-14)8-15-12(19)16-10(11(17)18)13(3,4)5/h9-10H,6-8H2,1-5H3,(H,17,18)(H2,15,16,19)/t10-/m0/s1. The van der Waals surface area contributed by atoms with Crippen LogP contribution in [0.2, 0.25) is 0 Å². The number of aliphatic carboxylic acids is 1. The topological polar surface area (TPSA) is 78.4 Å². The van der Waals surface area contributed by atoms with Crippen LogP contribution in [0, 0.1) is 16.7 Å². The lowest BCUT2D eigenvalue weighted by Gasteiger charge is -2.28. The van der Waals surface area contributed by atoms with Gasteiger partial charge in [-0.05, 0) is 29.6 Å². The molecule has 0 heterocycles. The molecule has 1 rings (SSSR count). The summed E-state index contributed by atoms with van der Waals surface area (Å²) in [6.45, 7) is 10.3.